The molecule has 1 fully saturated rings. The van der Waals surface area contributed by atoms with Gasteiger partial charge in [0, 0.05) is 12.7 Å². The summed E-state index contributed by atoms with van der Waals surface area (Å²) in [6, 6.07) is 7.87. The predicted molar refractivity (Wildman–Crippen MR) is 84.5 cm³/mol. The van der Waals surface area contributed by atoms with E-state index in [-0.39, 0.29) is 0 Å². The van der Waals surface area contributed by atoms with Crippen molar-refractivity contribution >= 4 is 0 Å². The highest BCUT2D eigenvalue weighted by molar-refractivity contribution is 5.38. The maximum Gasteiger partial charge on any atom is 0.125 e. The first kappa shape index (κ1) is 16.3. The van der Waals surface area contributed by atoms with E-state index >= 15 is 0 Å². The van der Waals surface area contributed by atoms with Gasteiger partial charge in [-0.1, -0.05) is 32.0 Å². The molecule has 0 saturated heterocycles. The fraction of sp³-hybridized carbons (Fsp3) is 0.667. The third kappa shape index (κ3) is 3.98. The molecule has 1 aliphatic carbocycles. The van der Waals surface area contributed by atoms with Gasteiger partial charge in [-0.25, -0.2) is 0 Å². The van der Waals surface area contributed by atoms with Crippen LogP contribution in [0.3, 0.4) is 0 Å². The van der Waals surface area contributed by atoms with Gasteiger partial charge in [-0.15, -0.1) is 0 Å². The Morgan fingerprint density at radius 1 is 1.19 bits per heavy atom. The Labute approximate surface area is 128 Å². The van der Waals surface area contributed by atoms with E-state index < -0.39 is 5.60 Å². The minimum absolute atomic E-state index is 0.512. The van der Waals surface area contributed by atoms with Gasteiger partial charge in [0.05, 0.1) is 12.2 Å². The molecular formula is C18H28O3. The Balaban J connectivity index is 2.10. The van der Waals surface area contributed by atoms with Gasteiger partial charge in [-0.05, 0) is 43.6 Å². The fourth-order valence-corrected chi connectivity index (χ4v) is 3.27. The molecule has 3 nitrogen and oxygen atoms in total. The molecule has 1 N–H and O–H groups in total. The largest absolute Gasteiger partial charge is 0.491 e. The molecule has 0 amide bonds. The van der Waals surface area contributed by atoms with Crippen molar-refractivity contribution in [3.63, 3.8) is 0 Å². The quantitative estimate of drug-likeness (QED) is 0.812. The maximum absolute atomic E-state index is 11.1. The average Bonchev–Trinajstić information content (AvgIpc) is 2.48. The first-order valence-electron chi connectivity index (χ1n) is 8.00. The highest BCUT2D eigenvalue weighted by atomic mass is 16.5. The lowest BCUT2D eigenvalue weighted by Gasteiger charge is -2.38. The smallest absolute Gasteiger partial charge is 0.125 e. The van der Waals surface area contributed by atoms with Crippen LogP contribution >= 0.6 is 0 Å². The second kappa shape index (κ2) is 7.28. The Kier molecular flexibility index (Phi) is 5.65. The van der Waals surface area contributed by atoms with Crippen LogP contribution in [0.15, 0.2) is 24.3 Å². The predicted octanol–water partition coefficient (Wildman–Crippen LogP) is 3.75. The Morgan fingerprint density at radius 3 is 2.48 bits per heavy atom. The van der Waals surface area contributed by atoms with Crippen LogP contribution in [0.25, 0.3) is 0 Å². The van der Waals surface area contributed by atoms with Crippen molar-refractivity contribution in [2.75, 3.05) is 20.3 Å². The number of aliphatic hydroxyl groups is 1. The molecule has 0 heterocycles. The monoisotopic (exact) mass is 292 g/mol. The second-order valence-electron chi connectivity index (χ2n) is 6.45. The van der Waals surface area contributed by atoms with Crippen LogP contribution in [0, 0.1) is 11.8 Å². The molecule has 21 heavy (non-hydrogen) atoms. The van der Waals surface area contributed by atoms with Crippen LogP contribution in [0.5, 0.6) is 5.75 Å². The van der Waals surface area contributed by atoms with Crippen LogP contribution in [0.4, 0.5) is 0 Å². The average molecular weight is 292 g/mol. The van der Waals surface area contributed by atoms with Gasteiger partial charge in [0.15, 0.2) is 0 Å². The topological polar surface area (TPSA) is 38.7 Å². The van der Waals surface area contributed by atoms with Gasteiger partial charge in [-0.3, -0.25) is 0 Å². The molecule has 1 aromatic rings. The fourth-order valence-electron chi connectivity index (χ4n) is 3.27. The molecule has 1 saturated carbocycles. The highest BCUT2D eigenvalue weighted by Crippen LogP contribution is 2.44. The summed E-state index contributed by atoms with van der Waals surface area (Å²) in [4.78, 5) is 0. The zero-order valence-corrected chi connectivity index (χ0v) is 13.5. The molecular weight excluding hydrogens is 264 g/mol. The summed E-state index contributed by atoms with van der Waals surface area (Å²) in [6.45, 7) is 5.62. The van der Waals surface area contributed by atoms with Crippen LogP contribution < -0.4 is 4.74 Å². The Morgan fingerprint density at radius 2 is 1.86 bits per heavy atom. The summed E-state index contributed by atoms with van der Waals surface area (Å²) in [7, 11) is 1.66. The minimum atomic E-state index is -0.741. The van der Waals surface area contributed by atoms with Crippen molar-refractivity contribution in [2.24, 2.45) is 11.8 Å². The van der Waals surface area contributed by atoms with Gasteiger partial charge in [-0.2, -0.15) is 0 Å². The van der Waals surface area contributed by atoms with E-state index in [1.165, 1.54) is 0 Å². The summed E-state index contributed by atoms with van der Waals surface area (Å²) >= 11 is 0. The van der Waals surface area contributed by atoms with Gasteiger partial charge in [0.2, 0.25) is 0 Å². The van der Waals surface area contributed by atoms with Crippen LogP contribution in [-0.2, 0) is 10.3 Å². The van der Waals surface area contributed by atoms with Crippen LogP contribution in [-0.4, -0.2) is 25.4 Å². The molecule has 0 aromatic heterocycles. The second-order valence-corrected chi connectivity index (χ2v) is 6.45. The van der Waals surface area contributed by atoms with Crippen LogP contribution in [0.1, 0.15) is 45.1 Å². The molecule has 3 heteroatoms. The number of methoxy groups -OCH3 is 1. The lowest BCUT2D eigenvalue weighted by molar-refractivity contribution is -0.0223. The van der Waals surface area contributed by atoms with Crippen molar-refractivity contribution in [1.29, 1.82) is 0 Å². The van der Waals surface area contributed by atoms with Crippen molar-refractivity contribution < 1.29 is 14.6 Å². The van der Waals surface area contributed by atoms with E-state index in [1.54, 1.807) is 7.11 Å². The molecule has 0 radical (unpaired) electrons. The van der Waals surface area contributed by atoms with Crippen molar-refractivity contribution in [2.45, 2.75) is 45.1 Å². The van der Waals surface area contributed by atoms with E-state index in [9.17, 15) is 5.11 Å². The zero-order chi connectivity index (χ0) is 15.3. The Bertz CT molecular complexity index is 434. The molecule has 2 rings (SSSR count). The van der Waals surface area contributed by atoms with E-state index in [4.69, 9.17) is 9.47 Å². The summed E-state index contributed by atoms with van der Waals surface area (Å²) in [5, 5.41) is 11.1. The van der Waals surface area contributed by atoms with Crippen molar-refractivity contribution in [3.8, 4) is 5.75 Å². The van der Waals surface area contributed by atoms with E-state index in [0.717, 1.165) is 42.9 Å². The number of hydrogen-bond acceptors (Lipinski definition) is 3. The number of para-hydroxylation sites is 1. The first-order valence-corrected chi connectivity index (χ1v) is 8.00. The summed E-state index contributed by atoms with van der Waals surface area (Å²) in [5.74, 6) is 2.22. The number of hydrogen-bond donors (Lipinski definition) is 1. The Hall–Kier alpha value is -1.06. The third-order valence-electron chi connectivity index (χ3n) is 4.73. The number of benzene rings is 1. The zero-order valence-electron chi connectivity index (χ0n) is 13.5. The van der Waals surface area contributed by atoms with Crippen molar-refractivity contribution in [3.05, 3.63) is 29.8 Å². The van der Waals surface area contributed by atoms with Crippen LogP contribution in [0.2, 0.25) is 0 Å². The van der Waals surface area contributed by atoms with E-state index in [0.29, 0.717) is 19.1 Å². The van der Waals surface area contributed by atoms with Gasteiger partial charge in [0.25, 0.3) is 0 Å². The molecule has 1 aliphatic rings. The standard InChI is InChI=1S/C18H28O3/c1-14(2)15-8-10-18(19,11-9-15)16-6-4-5-7-17(16)21-13-12-20-3/h4-7,14-15,19H,8-13H2,1-3H3. The van der Waals surface area contributed by atoms with E-state index in [1.807, 2.05) is 24.3 Å². The normalized spacial score (nSPS) is 26.0. The third-order valence-corrected chi connectivity index (χ3v) is 4.73. The van der Waals surface area contributed by atoms with Gasteiger partial charge < -0.3 is 14.6 Å². The maximum atomic E-state index is 11.1. The number of rotatable bonds is 6. The highest BCUT2D eigenvalue weighted by Gasteiger charge is 2.37. The molecule has 118 valence electrons. The summed E-state index contributed by atoms with van der Waals surface area (Å²) in [6.07, 6.45) is 3.81. The first-order chi connectivity index (χ1) is 10.1. The lowest BCUT2D eigenvalue weighted by Crippen LogP contribution is -2.33. The minimum Gasteiger partial charge on any atom is -0.491 e. The lowest BCUT2D eigenvalue weighted by atomic mass is 9.72. The van der Waals surface area contributed by atoms with Crippen molar-refractivity contribution in [1.82, 2.24) is 0 Å². The van der Waals surface area contributed by atoms with E-state index in [2.05, 4.69) is 13.8 Å². The molecule has 0 aliphatic heterocycles. The van der Waals surface area contributed by atoms with Gasteiger partial charge in [0.1, 0.15) is 12.4 Å². The molecule has 0 atom stereocenters. The molecule has 0 bridgehead atoms. The van der Waals surface area contributed by atoms with Gasteiger partial charge >= 0.3 is 0 Å². The summed E-state index contributed by atoms with van der Waals surface area (Å²) < 4.78 is 10.8. The molecule has 0 unspecified atom stereocenters. The summed E-state index contributed by atoms with van der Waals surface area (Å²) in [5.41, 5.74) is 0.193. The SMILES string of the molecule is COCCOc1ccccc1C1(O)CCC(C(C)C)CC1. The molecule has 1 aromatic carbocycles. The number of ether oxygens (including phenoxy) is 2. The molecule has 0 spiro atoms.